The molecule has 0 aliphatic carbocycles. The normalized spacial score (nSPS) is 18.9. The van der Waals surface area contributed by atoms with Crippen LogP contribution >= 0.6 is 0 Å². The molecule has 0 aromatic heterocycles. The summed E-state index contributed by atoms with van der Waals surface area (Å²) < 4.78 is 5.02. The lowest BCUT2D eigenvalue weighted by atomic mass is 10.1. The number of nitrogens with one attached hydrogen (secondary N) is 2. The Morgan fingerprint density at radius 3 is 2.72 bits per heavy atom. The minimum atomic E-state index is -0.423. The Morgan fingerprint density at radius 2 is 2.11 bits per heavy atom. The molecule has 1 aliphatic heterocycles. The molecule has 0 saturated carbocycles. The molecular weight excluding hydrogens is 232 g/mol. The first-order valence-electron chi connectivity index (χ1n) is 5.93. The SMILES string of the molecule is COc1ccc(C(=O)NC2CCCNC2=O)cc1. The number of benzene rings is 1. The van der Waals surface area contributed by atoms with E-state index in [2.05, 4.69) is 10.6 Å². The van der Waals surface area contributed by atoms with E-state index in [0.29, 0.717) is 24.3 Å². The summed E-state index contributed by atoms with van der Waals surface area (Å²) in [6, 6.07) is 6.36. The average Bonchev–Trinajstić information content (AvgIpc) is 2.41. The molecule has 0 radical (unpaired) electrons. The van der Waals surface area contributed by atoms with Gasteiger partial charge in [0.15, 0.2) is 0 Å². The van der Waals surface area contributed by atoms with Crippen LogP contribution in [0.25, 0.3) is 0 Å². The number of carbonyl (C=O) groups excluding carboxylic acids is 2. The predicted molar refractivity (Wildman–Crippen MR) is 66.5 cm³/mol. The van der Waals surface area contributed by atoms with Gasteiger partial charge in [-0.3, -0.25) is 9.59 Å². The molecular formula is C13H16N2O3. The summed E-state index contributed by atoms with van der Waals surface area (Å²) in [6.45, 7) is 0.688. The zero-order valence-electron chi connectivity index (χ0n) is 10.2. The number of piperidine rings is 1. The van der Waals surface area contributed by atoms with Gasteiger partial charge < -0.3 is 15.4 Å². The maximum absolute atomic E-state index is 11.9. The fourth-order valence-corrected chi connectivity index (χ4v) is 1.89. The molecule has 2 N–H and O–H groups in total. The highest BCUT2D eigenvalue weighted by atomic mass is 16.5. The quantitative estimate of drug-likeness (QED) is 0.827. The Balaban J connectivity index is 2.00. The number of rotatable bonds is 3. The number of carbonyl (C=O) groups is 2. The first kappa shape index (κ1) is 12.4. The molecule has 1 atom stereocenters. The van der Waals surface area contributed by atoms with Gasteiger partial charge in [-0.05, 0) is 37.1 Å². The summed E-state index contributed by atoms with van der Waals surface area (Å²) in [5, 5.41) is 5.46. The van der Waals surface area contributed by atoms with Gasteiger partial charge in [0.2, 0.25) is 5.91 Å². The smallest absolute Gasteiger partial charge is 0.251 e. The van der Waals surface area contributed by atoms with Crippen LogP contribution in [0, 0.1) is 0 Å². The van der Waals surface area contributed by atoms with Gasteiger partial charge in [0.1, 0.15) is 11.8 Å². The number of ether oxygens (including phenoxy) is 1. The molecule has 1 aliphatic rings. The molecule has 18 heavy (non-hydrogen) atoms. The molecule has 1 aromatic carbocycles. The third kappa shape index (κ3) is 2.80. The monoisotopic (exact) mass is 248 g/mol. The molecule has 96 valence electrons. The highest BCUT2D eigenvalue weighted by Crippen LogP contribution is 2.12. The van der Waals surface area contributed by atoms with Crippen molar-refractivity contribution in [2.45, 2.75) is 18.9 Å². The fourth-order valence-electron chi connectivity index (χ4n) is 1.89. The van der Waals surface area contributed by atoms with E-state index in [1.165, 1.54) is 0 Å². The molecule has 5 nitrogen and oxygen atoms in total. The Labute approximate surface area is 106 Å². The van der Waals surface area contributed by atoms with E-state index in [-0.39, 0.29) is 11.8 Å². The maximum atomic E-state index is 11.9. The van der Waals surface area contributed by atoms with Crippen molar-refractivity contribution in [3.8, 4) is 5.75 Å². The van der Waals surface area contributed by atoms with Gasteiger partial charge in [-0.1, -0.05) is 0 Å². The summed E-state index contributed by atoms with van der Waals surface area (Å²) in [6.07, 6.45) is 1.58. The largest absolute Gasteiger partial charge is 0.497 e. The maximum Gasteiger partial charge on any atom is 0.251 e. The molecule has 0 spiro atoms. The van der Waals surface area contributed by atoms with Crippen LogP contribution in [-0.2, 0) is 4.79 Å². The molecule has 1 aromatic rings. The molecule has 1 saturated heterocycles. The van der Waals surface area contributed by atoms with Crippen molar-refractivity contribution in [1.82, 2.24) is 10.6 Å². The van der Waals surface area contributed by atoms with Crippen LogP contribution in [0.3, 0.4) is 0 Å². The summed E-state index contributed by atoms with van der Waals surface area (Å²) in [5.41, 5.74) is 0.522. The van der Waals surface area contributed by atoms with Crippen LogP contribution in [0.15, 0.2) is 24.3 Å². The van der Waals surface area contributed by atoms with Gasteiger partial charge in [0, 0.05) is 12.1 Å². The summed E-state index contributed by atoms with van der Waals surface area (Å²) in [7, 11) is 1.57. The number of methoxy groups -OCH3 is 1. The van der Waals surface area contributed by atoms with Crippen LogP contribution < -0.4 is 15.4 Å². The standard InChI is InChI=1S/C13H16N2O3/c1-18-10-6-4-9(5-7-10)12(16)15-11-3-2-8-14-13(11)17/h4-7,11H,2-3,8H2,1H3,(H,14,17)(H,15,16). The van der Waals surface area contributed by atoms with Crippen LogP contribution in [0.4, 0.5) is 0 Å². The van der Waals surface area contributed by atoms with Gasteiger partial charge in [-0.2, -0.15) is 0 Å². The van der Waals surface area contributed by atoms with Crippen molar-refractivity contribution in [2.24, 2.45) is 0 Å². The zero-order valence-corrected chi connectivity index (χ0v) is 10.2. The minimum Gasteiger partial charge on any atom is -0.497 e. The van der Waals surface area contributed by atoms with E-state index in [4.69, 9.17) is 4.74 Å². The second-order valence-electron chi connectivity index (χ2n) is 4.19. The number of hydrogen-bond donors (Lipinski definition) is 2. The van der Waals surface area contributed by atoms with Crippen LogP contribution in [0.5, 0.6) is 5.75 Å². The average molecular weight is 248 g/mol. The van der Waals surface area contributed by atoms with Crippen LogP contribution in [0.1, 0.15) is 23.2 Å². The molecule has 0 bridgehead atoms. The Morgan fingerprint density at radius 1 is 1.39 bits per heavy atom. The topological polar surface area (TPSA) is 67.4 Å². The lowest BCUT2D eigenvalue weighted by Crippen LogP contribution is -2.50. The minimum absolute atomic E-state index is 0.108. The van der Waals surface area contributed by atoms with E-state index in [1.54, 1.807) is 31.4 Å². The van der Waals surface area contributed by atoms with Crippen molar-refractivity contribution in [3.05, 3.63) is 29.8 Å². The van der Waals surface area contributed by atoms with Gasteiger partial charge >= 0.3 is 0 Å². The van der Waals surface area contributed by atoms with Gasteiger partial charge in [-0.25, -0.2) is 0 Å². The van der Waals surface area contributed by atoms with E-state index >= 15 is 0 Å². The molecule has 5 heteroatoms. The molecule has 1 fully saturated rings. The van der Waals surface area contributed by atoms with Crippen LogP contribution in [-0.4, -0.2) is 31.5 Å². The van der Waals surface area contributed by atoms with Crippen molar-refractivity contribution >= 4 is 11.8 Å². The lowest BCUT2D eigenvalue weighted by molar-refractivity contribution is -0.124. The van der Waals surface area contributed by atoms with Gasteiger partial charge in [0.05, 0.1) is 7.11 Å². The Bertz CT molecular complexity index is 442. The molecule has 2 rings (SSSR count). The van der Waals surface area contributed by atoms with Crippen molar-refractivity contribution < 1.29 is 14.3 Å². The predicted octanol–water partition coefficient (Wildman–Crippen LogP) is 0.704. The fraction of sp³-hybridized carbons (Fsp3) is 0.385. The van der Waals surface area contributed by atoms with Crippen LogP contribution in [0.2, 0.25) is 0 Å². The van der Waals surface area contributed by atoms with E-state index in [0.717, 1.165) is 6.42 Å². The first-order chi connectivity index (χ1) is 8.70. The third-order valence-corrected chi connectivity index (χ3v) is 2.94. The summed E-state index contributed by atoms with van der Waals surface area (Å²) in [5.74, 6) is 0.352. The zero-order chi connectivity index (χ0) is 13.0. The van der Waals surface area contributed by atoms with Crippen molar-refractivity contribution in [1.29, 1.82) is 0 Å². The highest BCUT2D eigenvalue weighted by molar-refractivity contribution is 5.97. The molecule has 1 unspecified atom stereocenters. The van der Waals surface area contributed by atoms with Crippen molar-refractivity contribution in [3.63, 3.8) is 0 Å². The summed E-state index contributed by atoms with van der Waals surface area (Å²) >= 11 is 0. The second kappa shape index (κ2) is 5.53. The van der Waals surface area contributed by atoms with Crippen molar-refractivity contribution in [2.75, 3.05) is 13.7 Å². The van der Waals surface area contributed by atoms with E-state index < -0.39 is 6.04 Å². The second-order valence-corrected chi connectivity index (χ2v) is 4.19. The van der Waals surface area contributed by atoms with E-state index in [1.807, 2.05) is 0 Å². The Kier molecular flexibility index (Phi) is 3.82. The number of amides is 2. The highest BCUT2D eigenvalue weighted by Gasteiger charge is 2.23. The molecule has 1 heterocycles. The van der Waals surface area contributed by atoms with Gasteiger partial charge in [-0.15, -0.1) is 0 Å². The third-order valence-electron chi connectivity index (χ3n) is 2.94. The summed E-state index contributed by atoms with van der Waals surface area (Å²) in [4.78, 5) is 23.4. The lowest BCUT2D eigenvalue weighted by Gasteiger charge is -2.22. The molecule has 2 amide bonds. The first-order valence-corrected chi connectivity index (χ1v) is 5.93. The number of hydrogen-bond acceptors (Lipinski definition) is 3. The van der Waals surface area contributed by atoms with E-state index in [9.17, 15) is 9.59 Å². The van der Waals surface area contributed by atoms with Gasteiger partial charge in [0.25, 0.3) is 5.91 Å². The Hall–Kier alpha value is -2.04.